The number of thioether (sulfide) groups is 1. The van der Waals surface area contributed by atoms with Crippen LogP contribution in [-0.2, 0) is 6.42 Å². The zero-order chi connectivity index (χ0) is 7.84. The molecule has 0 aliphatic carbocycles. The summed E-state index contributed by atoms with van der Waals surface area (Å²) in [6, 6.07) is 3.81. The van der Waals surface area contributed by atoms with Crippen molar-refractivity contribution < 1.29 is 0 Å². The van der Waals surface area contributed by atoms with Gasteiger partial charge in [0.1, 0.15) is 0 Å². The Hall–Kier alpha value is 0.150. The molecule has 0 saturated carbocycles. The minimum absolute atomic E-state index is 0.747. The predicted molar refractivity (Wildman–Crippen MR) is 50.9 cm³/mol. The summed E-state index contributed by atoms with van der Waals surface area (Å²) < 4.78 is 0. The van der Waals surface area contributed by atoms with E-state index < -0.39 is 0 Å². The number of halogens is 2. The third-order valence-electron chi connectivity index (χ3n) is 1.70. The minimum Gasteiger partial charge on any atom is -0.124 e. The quantitative estimate of drug-likeness (QED) is 0.623. The summed E-state index contributed by atoms with van der Waals surface area (Å²) in [5, 5.41) is 1.55. The van der Waals surface area contributed by atoms with Crippen molar-refractivity contribution in [1.82, 2.24) is 0 Å². The summed E-state index contributed by atoms with van der Waals surface area (Å²) in [6.07, 6.45) is 1.10. The van der Waals surface area contributed by atoms with Crippen molar-refractivity contribution in [2.24, 2.45) is 0 Å². The summed E-state index contributed by atoms with van der Waals surface area (Å²) in [5.74, 6) is 1.13. The van der Waals surface area contributed by atoms with E-state index in [0.29, 0.717) is 0 Å². The summed E-state index contributed by atoms with van der Waals surface area (Å²) in [7, 11) is 0. The zero-order valence-corrected chi connectivity index (χ0v) is 8.06. The van der Waals surface area contributed by atoms with E-state index >= 15 is 0 Å². The Balaban J connectivity index is 2.60. The largest absolute Gasteiger partial charge is 0.124 e. The highest BCUT2D eigenvalue weighted by Crippen LogP contribution is 2.38. The highest BCUT2D eigenvalue weighted by Gasteiger charge is 2.14. The maximum Gasteiger partial charge on any atom is 0.0559 e. The van der Waals surface area contributed by atoms with Crippen molar-refractivity contribution in [2.75, 3.05) is 5.75 Å². The van der Waals surface area contributed by atoms with Crippen molar-refractivity contribution in [2.45, 2.75) is 11.3 Å². The van der Waals surface area contributed by atoms with Crippen LogP contribution in [0.2, 0.25) is 10.0 Å². The van der Waals surface area contributed by atoms with Crippen molar-refractivity contribution in [1.29, 1.82) is 0 Å². The van der Waals surface area contributed by atoms with Gasteiger partial charge in [0.15, 0.2) is 0 Å². The second kappa shape index (κ2) is 2.89. The van der Waals surface area contributed by atoms with Crippen LogP contribution in [0, 0.1) is 0 Å². The SMILES string of the molecule is Clc1cc(Cl)c2c(c1)CCS2. The van der Waals surface area contributed by atoms with Crippen LogP contribution in [0.3, 0.4) is 0 Å². The van der Waals surface area contributed by atoms with Gasteiger partial charge in [0.2, 0.25) is 0 Å². The average molecular weight is 205 g/mol. The molecule has 0 saturated heterocycles. The lowest BCUT2D eigenvalue weighted by Crippen LogP contribution is -1.80. The number of hydrogen-bond donors (Lipinski definition) is 0. The molecule has 11 heavy (non-hydrogen) atoms. The van der Waals surface area contributed by atoms with E-state index in [1.165, 1.54) is 10.5 Å². The van der Waals surface area contributed by atoms with Crippen LogP contribution < -0.4 is 0 Å². The molecule has 0 N–H and O–H groups in total. The van der Waals surface area contributed by atoms with E-state index in [9.17, 15) is 0 Å². The van der Waals surface area contributed by atoms with Gasteiger partial charge in [-0.1, -0.05) is 23.2 Å². The number of benzene rings is 1. The first kappa shape index (κ1) is 7.78. The molecule has 1 aliphatic rings. The first-order chi connectivity index (χ1) is 5.27. The molecule has 0 atom stereocenters. The van der Waals surface area contributed by atoms with Gasteiger partial charge in [-0.25, -0.2) is 0 Å². The molecule has 0 bridgehead atoms. The summed E-state index contributed by atoms with van der Waals surface area (Å²) in [5.41, 5.74) is 1.30. The van der Waals surface area contributed by atoms with Gasteiger partial charge < -0.3 is 0 Å². The van der Waals surface area contributed by atoms with E-state index in [1.54, 1.807) is 6.07 Å². The Morgan fingerprint density at radius 1 is 1.27 bits per heavy atom. The van der Waals surface area contributed by atoms with Gasteiger partial charge >= 0.3 is 0 Å². The molecule has 1 aromatic rings. The fourth-order valence-corrected chi connectivity index (χ4v) is 2.99. The third-order valence-corrected chi connectivity index (χ3v) is 3.51. The van der Waals surface area contributed by atoms with Crippen molar-refractivity contribution in [3.05, 3.63) is 27.7 Å². The highest BCUT2D eigenvalue weighted by atomic mass is 35.5. The minimum atomic E-state index is 0.747. The summed E-state index contributed by atoms with van der Waals surface area (Å²) in [6.45, 7) is 0. The maximum absolute atomic E-state index is 5.97. The smallest absolute Gasteiger partial charge is 0.0559 e. The first-order valence-corrected chi connectivity index (χ1v) is 5.12. The summed E-state index contributed by atoms with van der Waals surface area (Å²) in [4.78, 5) is 1.22. The fourth-order valence-electron chi connectivity index (χ4n) is 1.22. The molecule has 1 heterocycles. The van der Waals surface area contributed by atoms with E-state index in [1.807, 2.05) is 17.8 Å². The molecule has 0 nitrogen and oxygen atoms in total. The molecule has 1 aromatic carbocycles. The Labute approximate surface area is 79.9 Å². The zero-order valence-electron chi connectivity index (χ0n) is 5.73. The Kier molecular flexibility index (Phi) is 2.04. The lowest BCUT2D eigenvalue weighted by atomic mass is 10.2. The van der Waals surface area contributed by atoms with Gasteiger partial charge in [0, 0.05) is 15.7 Å². The van der Waals surface area contributed by atoms with Crippen molar-refractivity contribution in [3.63, 3.8) is 0 Å². The van der Waals surface area contributed by atoms with E-state index in [4.69, 9.17) is 23.2 Å². The molecule has 0 aromatic heterocycles. The maximum atomic E-state index is 5.97. The van der Waals surface area contributed by atoms with Crippen molar-refractivity contribution >= 4 is 35.0 Å². The van der Waals surface area contributed by atoms with Gasteiger partial charge in [-0.2, -0.15) is 0 Å². The van der Waals surface area contributed by atoms with E-state index in [-0.39, 0.29) is 0 Å². The monoisotopic (exact) mass is 204 g/mol. The Morgan fingerprint density at radius 3 is 2.91 bits per heavy atom. The van der Waals surface area contributed by atoms with Crippen LogP contribution in [-0.4, -0.2) is 5.75 Å². The molecule has 3 heteroatoms. The number of rotatable bonds is 0. The molecule has 0 amide bonds. The molecular formula is C8H6Cl2S. The molecule has 0 unspecified atom stereocenters. The van der Waals surface area contributed by atoms with Crippen LogP contribution in [0.1, 0.15) is 5.56 Å². The number of fused-ring (bicyclic) bond motifs is 1. The molecule has 2 rings (SSSR count). The highest BCUT2D eigenvalue weighted by molar-refractivity contribution is 7.99. The lowest BCUT2D eigenvalue weighted by molar-refractivity contribution is 1.15. The number of hydrogen-bond acceptors (Lipinski definition) is 1. The van der Waals surface area contributed by atoms with Gasteiger partial charge in [-0.15, -0.1) is 11.8 Å². The van der Waals surface area contributed by atoms with Crippen molar-refractivity contribution in [3.8, 4) is 0 Å². The van der Waals surface area contributed by atoms with Gasteiger partial charge in [-0.3, -0.25) is 0 Å². The summed E-state index contributed by atoms with van der Waals surface area (Å²) >= 11 is 13.6. The molecular weight excluding hydrogens is 199 g/mol. The van der Waals surface area contributed by atoms with Gasteiger partial charge in [-0.05, 0) is 24.1 Å². The van der Waals surface area contributed by atoms with Crippen LogP contribution in [0.15, 0.2) is 17.0 Å². The van der Waals surface area contributed by atoms with Crippen LogP contribution >= 0.6 is 35.0 Å². The van der Waals surface area contributed by atoms with Gasteiger partial charge in [0.25, 0.3) is 0 Å². The Bertz CT molecular complexity index is 296. The Morgan fingerprint density at radius 2 is 2.09 bits per heavy atom. The van der Waals surface area contributed by atoms with Crippen LogP contribution in [0.25, 0.3) is 0 Å². The molecule has 0 radical (unpaired) electrons. The second-order valence-corrected chi connectivity index (χ2v) is 4.42. The van der Waals surface area contributed by atoms with Crippen LogP contribution in [0.5, 0.6) is 0 Å². The van der Waals surface area contributed by atoms with E-state index in [0.717, 1.165) is 22.2 Å². The lowest BCUT2D eigenvalue weighted by Gasteiger charge is -2.00. The van der Waals surface area contributed by atoms with Crippen LogP contribution in [0.4, 0.5) is 0 Å². The predicted octanol–water partition coefficient (Wildman–Crippen LogP) is 3.64. The molecule has 0 spiro atoms. The standard InChI is InChI=1S/C8H6Cl2S/c9-6-3-5-1-2-11-8(5)7(10)4-6/h3-4H,1-2H2. The second-order valence-electron chi connectivity index (χ2n) is 2.47. The third kappa shape index (κ3) is 1.37. The first-order valence-electron chi connectivity index (χ1n) is 3.38. The molecule has 1 aliphatic heterocycles. The van der Waals surface area contributed by atoms with E-state index in [2.05, 4.69) is 0 Å². The number of aryl methyl sites for hydroxylation is 1. The topological polar surface area (TPSA) is 0 Å². The fraction of sp³-hybridized carbons (Fsp3) is 0.250. The normalized spacial score (nSPS) is 15.1. The van der Waals surface area contributed by atoms with Gasteiger partial charge in [0.05, 0.1) is 5.02 Å². The molecule has 58 valence electrons. The average Bonchev–Trinajstić information content (AvgIpc) is 2.34. The molecule has 0 fully saturated rings.